The van der Waals surface area contributed by atoms with Crippen LogP contribution in [0.1, 0.15) is 32.3 Å². The number of hydrogen-bond donors (Lipinski definition) is 1. The van der Waals surface area contributed by atoms with Crippen molar-refractivity contribution in [2.45, 2.75) is 32.8 Å². The lowest BCUT2D eigenvalue weighted by Gasteiger charge is -2.15. The highest BCUT2D eigenvalue weighted by molar-refractivity contribution is 5.89. The van der Waals surface area contributed by atoms with Gasteiger partial charge in [0.05, 0.1) is 18.8 Å². The molecule has 6 heteroatoms. The Morgan fingerprint density at radius 1 is 1.52 bits per heavy atom. The second kappa shape index (κ2) is 6.11. The van der Waals surface area contributed by atoms with E-state index >= 15 is 0 Å². The molecule has 0 aromatic heterocycles. The van der Waals surface area contributed by atoms with Crippen molar-refractivity contribution in [2.75, 3.05) is 18.0 Å². The lowest BCUT2D eigenvalue weighted by atomic mass is 10.0. The molecule has 0 bridgehead atoms. The predicted molar refractivity (Wildman–Crippen MR) is 76.8 cm³/mol. The summed E-state index contributed by atoms with van der Waals surface area (Å²) in [5.41, 5.74) is 1.08. The van der Waals surface area contributed by atoms with Crippen molar-refractivity contribution >= 4 is 17.7 Å². The van der Waals surface area contributed by atoms with Crippen LogP contribution < -0.4 is 10.2 Å². The first-order valence-electron chi connectivity index (χ1n) is 6.90. The van der Waals surface area contributed by atoms with Gasteiger partial charge in [-0.05, 0) is 23.6 Å². The van der Waals surface area contributed by atoms with E-state index in [-0.39, 0.29) is 24.2 Å². The standard InChI is InChI=1S/C15H19FN2O3/c1-9(2)13-5-4-11(6-14(13)16)18-8-12(21-15(18)20)7-17-10(3)19/h4-6,9,12H,7-8H2,1-3H3,(H,17,19). The molecule has 1 saturated heterocycles. The summed E-state index contributed by atoms with van der Waals surface area (Å²) < 4.78 is 19.1. The molecule has 1 atom stereocenters. The molecule has 1 fully saturated rings. The minimum atomic E-state index is -0.526. The highest BCUT2D eigenvalue weighted by Gasteiger charge is 2.32. The molecule has 0 saturated carbocycles. The fourth-order valence-corrected chi connectivity index (χ4v) is 2.25. The van der Waals surface area contributed by atoms with Crippen molar-refractivity contribution in [3.63, 3.8) is 0 Å². The van der Waals surface area contributed by atoms with Crippen molar-refractivity contribution in [3.8, 4) is 0 Å². The first kappa shape index (κ1) is 15.3. The van der Waals surface area contributed by atoms with Crippen LogP contribution in [0.2, 0.25) is 0 Å². The van der Waals surface area contributed by atoms with Gasteiger partial charge in [0.25, 0.3) is 0 Å². The fraction of sp³-hybridized carbons (Fsp3) is 0.467. The van der Waals surface area contributed by atoms with Crippen LogP contribution in [0.15, 0.2) is 18.2 Å². The summed E-state index contributed by atoms with van der Waals surface area (Å²) in [5.74, 6) is -0.436. The van der Waals surface area contributed by atoms with Crippen molar-refractivity contribution in [2.24, 2.45) is 0 Å². The average Bonchev–Trinajstić information content (AvgIpc) is 2.77. The molecule has 2 rings (SSSR count). The Labute approximate surface area is 123 Å². The summed E-state index contributed by atoms with van der Waals surface area (Å²) in [6.45, 7) is 5.76. The molecular formula is C15H19FN2O3. The van der Waals surface area contributed by atoms with Gasteiger partial charge in [0.15, 0.2) is 0 Å². The van der Waals surface area contributed by atoms with Crippen molar-refractivity contribution in [1.82, 2.24) is 5.32 Å². The number of anilines is 1. The van der Waals surface area contributed by atoms with Crippen LogP contribution in [0.4, 0.5) is 14.9 Å². The monoisotopic (exact) mass is 294 g/mol. The molecule has 5 nitrogen and oxygen atoms in total. The van der Waals surface area contributed by atoms with Crippen LogP contribution >= 0.6 is 0 Å². The van der Waals surface area contributed by atoms with Gasteiger partial charge in [-0.15, -0.1) is 0 Å². The van der Waals surface area contributed by atoms with Gasteiger partial charge in [-0.2, -0.15) is 0 Å². The lowest BCUT2D eigenvalue weighted by molar-refractivity contribution is -0.119. The number of nitrogens with one attached hydrogen (secondary N) is 1. The Kier molecular flexibility index (Phi) is 4.45. The van der Waals surface area contributed by atoms with E-state index in [1.165, 1.54) is 17.9 Å². The minimum absolute atomic E-state index is 0.0806. The number of ether oxygens (including phenoxy) is 1. The lowest BCUT2D eigenvalue weighted by Crippen LogP contribution is -2.33. The van der Waals surface area contributed by atoms with E-state index in [1.54, 1.807) is 12.1 Å². The Morgan fingerprint density at radius 2 is 2.24 bits per heavy atom. The van der Waals surface area contributed by atoms with Gasteiger partial charge in [0, 0.05) is 6.92 Å². The molecular weight excluding hydrogens is 275 g/mol. The van der Waals surface area contributed by atoms with Crippen LogP contribution in [-0.2, 0) is 9.53 Å². The van der Waals surface area contributed by atoms with Gasteiger partial charge in [-0.3, -0.25) is 9.69 Å². The van der Waals surface area contributed by atoms with E-state index < -0.39 is 12.2 Å². The van der Waals surface area contributed by atoms with Gasteiger partial charge in [-0.25, -0.2) is 9.18 Å². The van der Waals surface area contributed by atoms with Crippen molar-refractivity contribution in [3.05, 3.63) is 29.6 Å². The number of amides is 2. The van der Waals surface area contributed by atoms with E-state index in [0.717, 1.165) is 0 Å². The molecule has 1 heterocycles. The predicted octanol–water partition coefficient (Wildman–Crippen LogP) is 2.41. The van der Waals surface area contributed by atoms with Crippen LogP contribution in [0, 0.1) is 5.82 Å². The van der Waals surface area contributed by atoms with Crippen LogP contribution in [-0.4, -0.2) is 31.2 Å². The molecule has 21 heavy (non-hydrogen) atoms. The van der Waals surface area contributed by atoms with Crippen molar-refractivity contribution < 1.29 is 18.7 Å². The molecule has 1 aliphatic rings. The SMILES string of the molecule is CC(=O)NCC1CN(c2ccc(C(C)C)c(F)c2)C(=O)O1. The van der Waals surface area contributed by atoms with Gasteiger partial charge in [0.1, 0.15) is 11.9 Å². The van der Waals surface area contributed by atoms with Gasteiger partial charge >= 0.3 is 6.09 Å². The Morgan fingerprint density at radius 3 is 2.81 bits per heavy atom. The highest BCUT2D eigenvalue weighted by Crippen LogP contribution is 2.26. The first-order valence-corrected chi connectivity index (χ1v) is 6.90. The van der Waals surface area contributed by atoms with Crippen molar-refractivity contribution in [1.29, 1.82) is 0 Å². The number of cyclic esters (lactones) is 1. The zero-order valence-electron chi connectivity index (χ0n) is 12.4. The summed E-state index contributed by atoms with van der Waals surface area (Å²) >= 11 is 0. The summed E-state index contributed by atoms with van der Waals surface area (Å²) in [6, 6.07) is 4.74. The molecule has 2 amide bonds. The highest BCUT2D eigenvalue weighted by atomic mass is 19.1. The maximum absolute atomic E-state index is 14.0. The van der Waals surface area contributed by atoms with Gasteiger partial charge < -0.3 is 10.1 Å². The molecule has 0 aliphatic carbocycles. The second-order valence-corrected chi connectivity index (χ2v) is 5.41. The third-order valence-corrected chi connectivity index (χ3v) is 3.37. The molecule has 1 N–H and O–H groups in total. The summed E-state index contributed by atoms with van der Waals surface area (Å²) in [4.78, 5) is 24.1. The normalized spacial score (nSPS) is 18.0. The number of nitrogens with zero attached hydrogens (tertiary/aromatic N) is 1. The van der Waals surface area contributed by atoms with Crippen LogP contribution in [0.3, 0.4) is 0 Å². The molecule has 0 radical (unpaired) electrons. The maximum atomic E-state index is 14.0. The van der Waals surface area contributed by atoms with Gasteiger partial charge in [-0.1, -0.05) is 19.9 Å². The topological polar surface area (TPSA) is 58.6 Å². The summed E-state index contributed by atoms with van der Waals surface area (Å²) in [5, 5.41) is 2.60. The number of hydrogen-bond acceptors (Lipinski definition) is 3. The van der Waals surface area contributed by atoms with E-state index in [9.17, 15) is 14.0 Å². The number of rotatable bonds is 4. The van der Waals surface area contributed by atoms with E-state index in [0.29, 0.717) is 17.8 Å². The zero-order chi connectivity index (χ0) is 15.6. The molecule has 1 aromatic carbocycles. The molecule has 0 spiro atoms. The van der Waals surface area contributed by atoms with E-state index in [2.05, 4.69) is 5.32 Å². The number of benzene rings is 1. The fourth-order valence-electron chi connectivity index (χ4n) is 2.25. The Bertz CT molecular complexity index is 560. The Balaban J connectivity index is 2.10. The minimum Gasteiger partial charge on any atom is -0.442 e. The largest absolute Gasteiger partial charge is 0.442 e. The smallest absolute Gasteiger partial charge is 0.414 e. The zero-order valence-corrected chi connectivity index (χ0v) is 12.4. The number of carbonyl (C=O) groups is 2. The number of halogens is 1. The second-order valence-electron chi connectivity index (χ2n) is 5.41. The number of carbonyl (C=O) groups excluding carboxylic acids is 2. The summed E-state index contributed by atoms with van der Waals surface area (Å²) in [7, 11) is 0. The summed E-state index contributed by atoms with van der Waals surface area (Å²) in [6.07, 6.45) is -0.948. The van der Waals surface area contributed by atoms with E-state index in [1.807, 2.05) is 13.8 Å². The molecule has 1 unspecified atom stereocenters. The third kappa shape index (κ3) is 3.51. The van der Waals surface area contributed by atoms with E-state index in [4.69, 9.17) is 4.74 Å². The third-order valence-electron chi connectivity index (χ3n) is 3.37. The quantitative estimate of drug-likeness (QED) is 0.927. The Hall–Kier alpha value is -2.11. The molecule has 1 aromatic rings. The average molecular weight is 294 g/mol. The van der Waals surface area contributed by atoms with Crippen LogP contribution in [0.5, 0.6) is 0 Å². The first-order chi connectivity index (χ1) is 9.88. The molecule has 1 aliphatic heterocycles. The van der Waals surface area contributed by atoms with Crippen LogP contribution in [0.25, 0.3) is 0 Å². The molecule has 114 valence electrons. The van der Waals surface area contributed by atoms with Gasteiger partial charge in [0.2, 0.25) is 5.91 Å². The maximum Gasteiger partial charge on any atom is 0.414 e.